The molecule has 0 saturated carbocycles. The molecule has 0 spiro atoms. The van der Waals surface area contributed by atoms with E-state index < -0.39 is 18.6 Å². The Labute approximate surface area is 171 Å². The van der Waals surface area contributed by atoms with Crippen LogP contribution in [0.1, 0.15) is 6.92 Å². The summed E-state index contributed by atoms with van der Waals surface area (Å²) in [7, 11) is 0. The normalized spacial score (nSPS) is 10.8. The predicted molar refractivity (Wildman–Crippen MR) is 122 cm³/mol. The lowest BCUT2D eigenvalue weighted by atomic mass is 10.3. The maximum absolute atomic E-state index is 13.2. The molecule has 29 heavy (non-hydrogen) atoms. The van der Waals surface area contributed by atoms with Gasteiger partial charge in [-0.3, -0.25) is 4.79 Å². The summed E-state index contributed by atoms with van der Waals surface area (Å²) in [5.41, 5.74) is 0. The Morgan fingerprint density at radius 2 is 1.17 bits per heavy atom. The van der Waals surface area contributed by atoms with Crippen LogP contribution < -0.4 is 15.9 Å². The number of rotatable bonds is 7. The number of benzene rings is 3. The van der Waals surface area contributed by atoms with Crippen LogP contribution in [0.4, 0.5) is 0 Å². The standard InChI is InChI=1S/C25H23O3P/c1-3-23(26)24(25(27)28-4-2)29(20-14-8-5-9-15-20,21-16-10-6-11-17-21)22-18-12-7-13-19-22/h3,5-19H,1,4H2,2H3. The van der Waals surface area contributed by atoms with Gasteiger partial charge >= 0.3 is 5.97 Å². The summed E-state index contributed by atoms with van der Waals surface area (Å²) in [5, 5.41) is 2.87. The average Bonchev–Trinajstić information content (AvgIpc) is 2.79. The van der Waals surface area contributed by atoms with Crippen LogP contribution in [0.15, 0.2) is 104 Å². The molecule has 3 aromatic carbocycles. The van der Waals surface area contributed by atoms with E-state index in [2.05, 4.69) is 6.58 Å². The number of carbonyl (C=O) groups is 2. The third-order valence-corrected chi connectivity index (χ3v) is 8.95. The number of ether oxygens (including phenoxy) is 1. The lowest BCUT2D eigenvalue weighted by molar-refractivity contribution is -0.135. The van der Waals surface area contributed by atoms with Crippen LogP contribution in [0.25, 0.3) is 0 Å². The van der Waals surface area contributed by atoms with Gasteiger partial charge in [-0.25, -0.2) is 4.79 Å². The van der Waals surface area contributed by atoms with E-state index in [9.17, 15) is 9.59 Å². The first kappa shape index (κ1) is 20.6. The van der Waals surface area contributed by atoms with Crippen molar-refractivity contribution in [1.82, 2.24) is 0 Å². The Hall–Kier alpha value is -3.16. The van der Waals surface area contributed by atoms with E-state index in [1.807, 2.05) is 91.0 Å². The Balaban J connectivity index is 2.63. The van der Waals surface area contributed by atoms with Gasteiger partial charge in [0.2, 0.25) is 0 Å². The van der Waals surface area contributed by atoms with Crippen LogP contribution in [0.3, 0.4) is 0 Å². The molecule has 0 aliphatic carbocycles. The third kappa shape index (κ3) is 3.87. The number of hydrogen-bond donors (Lipinski definition) is 0. The van der Waals surface area contributed by atoms with Gasteiger partial charge in [-0.15, -0.1) is 0 Å². The highest BCUT2D eigenvalue weighted by Gasteiger charge is 2.36. The molecule has 0 bridgehead atoms. The number of allylic oxidation sites excluding steroid dienone is 1. The Kier molecular flexibility index (Phi) is 6.64. The molecule has 0 atom stereocenters. The zero-order valence-corrected chi connectivity index (χ0v) is 17.2. The van der Waals surface area contributed by atoms with Gasteiger partial charge in [-0.05, 0) is 35.8 Å². The Morgan fingerprint density at radius 1 is 0.793 bits per heavy atom. The Morgan fingerprint density at radius 3 is 1.48 bits per heavy atom. The maximum atomic E-state index is 13.2. The fourth-order valence-electron chi connectivity index (χ4n) is 3.49. The zero-order chi connectivity index (χ0) is 20.7. The molecule has 3 rings (SSSR count). The topological polar surface area (TPSA) is 43.4 Å². The van der Waals surface area contributed by atoms with Crippen molar-refractivity contribution in [2.24, 2.45) is 0 Å². The second kappa shape index (κ2) is 9.36. The van der Waals surface area contributed by atoms with Crippen LogP contribution in [0, 0.1) is 0 Å². The fourth-order valence-corrected chi connectivity index (χ4v) is 7.78. The smallest absolute Gasteiger partial charge is 0.343 e. The van der Waals surface area contributed by atoms with Crippen LogP contribution >= 0.6 is 6.89 Å². The SMILES string of the molecule is C=CC(=O)C(C(=O)OCC)=P(c1ccccc1)(c1ccccc1)c1ccccc1. The van der Waals surface area contributed by atoms with Crippen molar-refractivity contribution in [3.8, 4) is 0 Å². The van der Waals surface area contributed by atoms with Gasteiger partial charge in [0.1, 0.15) is 5.29 Å². The largest absolute Gasteiger partial charge is 0.462 e. The molecule has 0 amide bonds. The molecule has 0 aliphatic heterocycles. The lowest BCUT2D eigenvalue weighted by Crippen LogP contribution is -2.37. The molecule has 0 aliphatic rings. The fraction of sp³-hybridized carbons (Fsp3) is 0.0800. The van der Waals surface area contributed by atoms with Crippen LogP contribution in [0.2, 0.25) is 0 Å². The molecule has 0 fully saturated rings. The minimum absolute atomic E-state index is 0.137. The summed E-state index contributed by atoms with van der Waals surface area (Å²) in [6.07, 6.45) is 1.20. The number of hydrogen-bond acceptors (Lipinski definition) is 3. The number of ketones is 1. The van der Waals surface area contributed by atoms with E-state index in [4.69, 9.17) is 4.74 Å². The maximum Gasteiger partial charge on any atom is 0.343 e. The van der Waals surface area contributed by atoms with Gasteiger partial charge in [0.25, 0.3) is 0 Å². The molecule has 4 heteroatoms. The number of carbonyl (C=O) groups excluding carboxylic acids is 2. The van der Waals surface area contributed by atoms with Gasteiger partial charge in [-0.1, -0.05) is 97.6 Å². The first-order chi connectivity index (χ1) is 14.2. The van der Waals surface area contributed by atoms with Gasteiger partial charge in [-0.2, -0.15) is 0 Å². The van der Waals surface area contributed by atoms with Crippen molar-refractivity contribution in [3.05, 3.63) is 104 Å². The highest BCUT2D eigenvalue weighted by Crippen LogP contribution is 2.46. The quantitative estimate of drug-likeness (QED) is 0.263. The highest BCUT2D eigenvalue weighted by molar-refractivity contribution is 7.97. The molecule has 0 heterocycles. The Bertz CT molecular complexity index is 952. The van der Waals surface area contributed by atoms with E-state index in [0.29, 0.717) is 0 Å². The molecule has 0 radical (unpaired) electrons. The van der Waals surface area contributed by atoms with Crippen LogP contribution in [-0.4, -0.2) is 23.7 Å². The minimum Gasteiger partial charge on any atom is -0.462 e. The van der Waals surface area contributed by atoms with Crippen LogP contribution in [-0.2, 0) is 14.3 Å². The first-order valence-electron chi connectivity index (χ1n) is 9.43. The van der Waals surface area contributed by atoms with E-state index in [1.165, 1.54) is 6.08 Å². The molecule has 0 saturated heterocycles. The molecule has 146 valence electrons. The van der Waals surface area contributed by atoms with Gasteiger partial charge in [0.15, 0.2) is 5.78 Å². The lowest BCUT2D eigenvalue weighted by Gasteiger charge is -2.31. The zero-order valence-electron chi connectivity index (χ0n) is 16.3. The van der Waals surface area contributed by atoms with E-state index in [0.717, 1.165) is 15.9 Å². The van der Waals surface area contributed by atoms with Crippen molar-refractivity contribution in [3.63, 3.8) is 0 Å². The molecule has 3 aromatic rings. The molecular formula is C25H23O3P. The number of esters is 1. The highest BCUT2D eigenvalue weighted by atomic mass is 31.2. The van der Waals surface area contributed by atoms with Crippen molar-refractivity contribution in [2.45, 2.75) is 6.92 Å². The summed E-state index contributed by atoms with van der Waals surface area (Å²) >= 11 is 0. The summed E-state index contributed by atoms with van der Waals surface area (Å²) in [5.74, 6) is -1.00. The van der Waals surface area contributed by atoms with E-state index >= 15 is 0 Å². The molecule has 0 unspecified atom stereocenters. The van der Waals surface area contributed by atoms with Crippen molar-refractivity contribution >= 4 is 39.8 Å². The molecule has 0 N–H and O–H groups in total. The van der Waals surface area contributed by atoms with Crippen molar-refractivity contribution in [2.75, 3.05) is 6.61 Å². The minimum atomic E-state index is -2.80. The third-order valence-electron chi connectivity index (χ3n) is 4.65. The van der Waals surface area contributed by atoms with Gasteiger partial charge < -0.3 is 4.74 Å². The van der Waals surface area contributed by atoms with Crippen molar-refractivity contribution in [1.29, 1.82) is 0 Å². The van der Waals surface area contributed by atoms with Crippen molar-refractivity contribution < 1.29 is 14.3 Å². The van der Waals surface area contributed by atoms with Crippen LogP contribution in [0.5, 0.6) is 0 Å². The predicted octanol–water partition coefficient (Wildman–Crippen LogP) is 3.47. The second-order valence-corrected chi connectivity index (χ2v) is 9.65. The van der Waals surface area contributed by atoms with Gasteiger partial charge in [0, 0.05) is 0 Å². The van der Waals surface area contributed by atoms with E-state index in [1.54, 1.807) is 6.92 Å². The molecular weight excluding hydrogens is 379 g/mol. The molecule has 3 nitrogen and oxygen atoms in total. The summed E-state index contributed by atoms with van der Waals surface area (Å²) in [4.78, 5) is 26.4. The average molecular weight is 402 g/mol. The summed E-state index contributed by atoms with van der Waals surface area (Å²) < 4.78 is 5.38. The monoisotopic (exact) mass is 402 g/mol. The summed E-state index contributed by atoms with van der Waals surface area (Å²) in [6.45, 7) is 2.78. The van der Waals surface area contributed by atoms with Gasteiger partial charge in [0.05, 0.1) is 6.61 Å². The van der Waals surface area contributed by atoms with E-state index in [-0.39, 0.29) is 11.9 Å². The molecule has 0 aromatic heterocycles. The second-order valence-electron chi connectivity index (χ2n) is 6.31. The summed E-state index contributed by atoms with van der Waals surface area (Å²) in [6, 6.07) is 29.2. The first-order valence-corrected chi connectivity index (χ1v) is 11.2.